The minimum atomic E-state index is -1.16. The van der Waals surface area contributed by atoms with E-state index >= 15 is 0 Å². The molecule has 15 heavy (non-hydrogen) atoms. The molecule has 0 saturated carbocycles. The fourth-order valence-corrected chi connectivity index (χ4v) is 2.58. The second-order valence-corrected chi connectivity index (χ2v) is 4.31. The van der Waals surface area contributed by atoms with Crippen molar-refractivity contribution < 1.29 is 19.4 Å². The molecule has 1 fully saturated rings. The monoisotopic (exact) mass is 231 g/mol. The Bertz CT molecular complexity index is 273. The van der Waals surface area contributed by atoms with E-state index < -0.39 is 17.6 Å². The fourth-order valence-electron chi connectivity index (χ4n) is 1.25. The van der Waals surface area contributed by atoms with Crippen molar-refractivity contribution in [3.8, 4) is 0 Å². The van der Waals surface area contributed by atoms with Crippen LogP contribution in [0, 0.1) is 0 Å². The molecule has 0 aromatic heterocycles. The fraction of sp³-hybridized carbons (Fsp3) is 0.556. The Morgan fingerprint density at radius 3 is 2.87 bits per heavy atom. The van der Waals surface area contributed by atoms with E-state index in [1.54, 1.807) is 0 Å². The van der Waals surface area contributed by atoms with Crippen LogP contribution in [0.5, 0.6) is 0 Å². The van der Waals surface area contributed by atoms with Gasteiger partial charge in [0.1, 0.15) is 6.61 Å². The Balaban J connectivity index is 2.55. The molecule has 1 atom stereocenters. The van der Waals surface area contributed by atoms with Crippen molar-refractivity contribution in [2.75, 3.05) is 18.1 Å². The van der Waals surface area contributed by atoms with Crippen molar-refractivity contribution in [3.05, 3.63) is 12.7 Å². The zero-order valence-electron chi connectivity index (χ0n) is 8.19. The smallest absolute Gasteiger partial charge is 0.408 e. The lowest BCUT2D eigenvalue weighted by Gasteiger charge is -2.23. The van der Waals surface area contributed by atoms with Gasteiger partial charge in [-0.15, -0.1) is 0 Å². The maximum absolute atomic E-state index is 11.2. The van der Waals surface area contributed by atoms with Crippen molar-refractivity contribution in [1.82, 2.24) is 5.32 Å². The largest absolute Gasteiger partial charge is 0.479 e. The molecule has 1 unspecified atom stereocenters. The number of thioether (sulfide) groups is 1. The average molecular weight is 231 g/mol. The normalized spacial score (nSPS) is 24.5. The second-order valence-electron chi connectivity index (χ2n) is 3.20. The van der Waals surface area contributed by atoms with E-state index in [2.05, 4.69) is 16.6 Å². The Morgan fingerprint density at radius 1 is 1.67 bits per heavy atom. The number of alkyl carbamates (subject to hydrolysis) is 1. The van der Waals surface area contributed by atoms with E-state index in [9.17, 15) is 9.59 Å². The van der Waals surface area contributed by atoms with Crippen LogP contribution in [0.1, 0.15) is 6.42 Å². The van der Waals surface area contributed by atoms with E-state index in [1.807, 2.05) is 0 Å². The average Bonchev–Trinajstić information content (AvgIpc) is 2.64. The third kappa shape index (κ3) is 2.89. The van der Waals surface area contributed by atoms with Crippen molar-refractivity contribution >= 4 is 23.8 Å². The van der Waals surface area contributed by atoms with E-state index in [0.717, 1.165) is 5.75 Å². The van der Waals surface area contributed by atoms with Crippen molar-refractivity contribution in [2.24, 2.45) is 0 Å². The van der Waals surface area contributed by atoms with Crippen LogP contribution in [0.15, 0.2) is 12.7 Å². The summed E-state index contributed by atoms with van der Waals surface area (Å²) in [5, 5.41) is 11.4. The van der Waals surface area contributed by atoms with E-state index in [4.69, 9.17) is 5.11 Å². The van der Waals surface area contributed by atoms with Gasteiger partial charge in [0, 0.05) is 5.75 Å². The predicted octanol–water partition coefficient (Wildman–Crippen LogP) is 0.859. The summed E-state index contributed by atoms with van der Waals surface area (Å²) in [6.45, 7) is 3.47. The van der Waals surface area contributed by atoms with Gasteiger partial charge in [0.15, 0.2) is 5.54 Å². The molecule has 0 bridgehead atoms. The van der Waals surface area contributed by atoms with Crippen LogP contribution in [0.4, 0.5) is 4.79 Å². The first kappa shape index (κ1) is 11.9. The van der Waals surface area contributed by atoms with Gasteiger partial charge in [0.2, 0.25) is 0 Å². The number of carboxylic acids is 1. The number of carbonyl (C=O) groups excluding carboxylic acids is 1. The molecule has 0 aliphatic carbocycles. The van der Waals surface area contributed by atoms with Gasteiger partial charge in [0.05, 0.1) is 0 Å². The third-order valence-corrected chi connectivity index (χ3v) is 3.29. The lowest BCUT2D eigenvalue weighted by molar-refractivity contribution is -0.143. The number of carboxylic acid groups (broad SMARTS) is 1. The highest BCUT2D eigenvalue weighted by Crippen LogP contribution is 2.28. The van der Waals surface area contributed by atoms with Gasteiger partial charge in [-0.25, -0.2) is 9.59 Å². The molecule has 1 saturated heterocycles. The maximum Gasteiger partial charge on any atom is 0.408 e. The van der Waals surface area contributed by atoms with E-state index in [-0.39, 0.29) is 6.61 Å². The topological polar surface area (TPSA) is 75.6 Å². The summed E-state index contributed by atoms with van der Waals surface area (Å²) in [4.78, 5) is 22.2. The van der Waals surface area contributed by atoms with Crippen LogP contribution in [0.25, 0.3) is 0 Å². The van der Waals surface area contributed by atoms with Gasteiger partial charge in [0.25, 0.3) is 0 Å². The summed E-state index contributed by atoms with van der Waals surface area (Å²) in [5.74, 6) is 0.0996. The molecule has 1 aliphatic heterocycles. The number of hydrogen-bond acceptors (Lipinski definition) is 4. The van der Waals surface area contributed by atoms with Gasteiger partial charge in [-0.1, -0.05) is 12.7 Å². The second kappa shape index (κ2) is 5.06. The molecule has 5 nitrogen and oxygen atoms in total. The quantitative estimate of drug-likeness (QED) is 0.702. The highest BCUT2D eigenvalue weighted by atomic mass is 32.2. The summed E-state index contributed by atoms with van der Waals surface area (Å²) in [6.07, 6.45) is 1.15. The summed E-state index contributed by atoms with van der Waals surface area (Å²) in [7, 11) is 0. The Labute approximate surface area is 91.9 Å². The molecule has 2 N–H and O–H groups in total. The van der Waals surface area contributed by atoms with Crippen molar-refractivity contribution in [3.63, 3.8) is 0 Å². The molecular weight excluding hydrogens is 218 g/mol. The molecule has 0 aromatic rings. The van der Waals surface area contributed by atoms with Gasteiger partial charge < -0.3 is 15.2 Å². The number of hydrogen-bond donors (Lipinski definition) is 2. The third-order valence-electron chi connectivity index (χ3n) is 2.10. The van der Waals surface area contributed by atoms with Crippen LogP contribution in [0.2, 0.25) is 0 Å². The molecular formula is C9H13NO4S. The maximum atomic E-state index is 11.2. The summed E-state index contributed by atoms with van der Waals surface area (Å²) >= 11 is 1.50. The van der Waals surface area contributed by atoms with Crippen LogP contribution >= 0.6 is 11.8 Å². The van der Waals surface area contributed by atoms with Crippen LogP contribution < -0.4 is 5.32 Å². The molecule has 0 radical (unpaired) electrons. The number of rotatable bonds is 4. The zero-order valence-corrected chi connectivity index (χ0v) is 9.01. The number of ether oxygens (including phenoxy) is 1. The first-order chi connectivity index (χ1) is 7.10. The lowest BCUT2D eigenvalue weighted by Crippen LogP contribution is -2.54. The number of aliphatic carboxylic acids is 1. The minimum Gasteiger partial charge on any atom is -0.479 e. The SMILES string of the molecule is C=CCOC(=O)NC1(C(=O)O)CCSC1. The molecule has 0 spiro atoms. The van der Waals surface area contributed by atoms with E-state index in [1.165, 1.54) is 17.8 Å². The molecule has 6 heteroatoms. The zero-order chi connectivity index (χ0) is 11.3. The summed E-state index contributed by atoms with van der Waals surface area (Å²) in [5.41, 5.74) is -1.16. The Kier molecular flexibility index (Phi) is 4.02. The first-order valence-electron chi connectivity index (χ1n) is 4.48. The molecule has 1 aliphatic rings. The Morgan fingerprint density at radius 2 is 2.40 bits per heavy atom. The predicted molar refractivity (Wildman–Crippen MR) is 57.0 cm³/mol. The van der Waals surface area contributed by atoms with Gasteiger partial charge in [-0.3, -0.25) is 0 Å². The lowest BCUT2D eigenvalue weighted by atomic mass is 10.00. The number of amides is 1. The molecule has 1 heterocycles. The molecule has 84 valence electrons. The summed E-state index contributed by atoms with van der Waals surface area (Å²) in [6, 6.07) is 0. The van der Waals surface area contributed by atoms with Crippen LogP contribution in [0.3, 0.4) is 0 Å². The van der Waals surface area contributed by atoms with Gasteiger partial charge in [-0.2, -0.15) is 11.8 Å². The number of nitrogens with one attached hydrogen (secondary N) is 1. The van der Waals surface area contributed by atoms with Crippen molar-refractivity contribution in [2.45, 2.75) is 12.0 Å². The Hall–Kier alpha value is -1.17. The van der Waals surface area contributed by atoms with Gasteiger partial charge >= 0.3 is 12.1 Å². The number of carbonyl (C=O) groups is 2. The minimum absolute atomic E-state index is 0.0781. The molecule has 0 aromatic carbocycles. The standard InChI is InChI=1S/C9H13NO4S/c1-2-4-14-8(13)10-9(7(11)12)3-5-15-6-9/h2H,1,3-6H2,(H,10,13)(H,11,12). The van der Waals surface area contributed by atoms with Crippen LogP contribution in [-0.2, 0) is 9.53 Å². The molecule has 1 rings (SSSR count). The highest BCUT2D eigenvalue weighted by molar-refractivity contribution is 7.99. The van der Waals surface area contributed by atoms with Crippen LogP contribution in [-0.4, -0.2) is 40.8 Å². The van der Waals surface area contributed by atoms with Gasteiger partial charge in [-0.05, 0) is 12.2 Å². The first-order valence-corrected chi connectivity index (χ1v) is 5.63. The van der Waals surface area contributed by atoms with E-state index in [0.29, 0.717) is 12.2 Å². The van der Waals surface area contributed by atoms with Crippen molar-refractivity contribution in [1.29, 1.82) is 0 Å². The highest BCUT2D eigenvalue weighted by Gasteiger charge is 2.43. The molecule has 1 amide bonds. The summed E-state index contributed by atoms with van der Waals surface area (Å²) < 4.78 is 4.69.